The number of halogens is 3. The average Bonchev–Trinajstić information content (AvgIpc) is 3.26. The fraction of sp³-hybridized carbons (Fsp3) is 0.353. The minimum Gasteiger partial charge on any atom is -0.326 e. The molecule has 1 N–H and O–H groups in total. The molecule has 2 aromatic rings. The maximum atomic E-state index is 12.5. The summed E-state index contributed by atoms with van der Waals surface area (Å²) >= 11 is 1.03. The molecule has 3 rings (SSSR count). The van der Waals surface area contributed by atoms with E-state index in [0.717, 1.165) is 36.3 Å². The first-order chi connectivity index (χ1) is 12.7. The first-order valence-electron chi connectivity index (χ1n) is 8.22. The van der Waals surface area contributed by atoms with Crippen molar-refractivity contribution in [3.05, 3.63) is 46.8 Å². The second-order valence-corrected chi connectivity index (χ2v) is 9.47. The van der Waals surface area contributed by atoms with Gasteiger partial charge in [0.25, 0.3) is 10.0 Å². The fourth-order valence-electron chi connectivity index (χ4n) is 2.75. The second kappa shape index (κ2) is 7.61. The van der Waals surface area contributed by atoms with Gasteiger partial charge in [-0.3, -0.25) is 4.79 Å². The monoisotopic (exact) mass is 418 g/mol. The van der Waals surface area contributed by atoms with Crippen molar-refractivity contribution in [1.29, 1.82) is 0 Å². The standard InChI is InChI=1S/C17H17F3N2O3S2/c18-17(19,20)12-3-5-13(6-4-12)21-15(23)11-14-7-8-16(26-14)27(24,25)22-9-1-2-10-22/h3-8H,1-2,9-11H2,(H,21,23). The Hall–Kier alpha value is -1.91. The van der Waals surface area contributed by atoms with Crippen molar-refractivity contribution in [1.82, 2.24) is 4.31 Å². The van der Waals surface area contributed by atoms with Gasteiger partial charge in [-0.2, -0.15) is 17.5 Å². The van der Waals surface area contributed by atoms with Crippen LogP contribution in [0.1, 0.15) is 23.3 Å². The van der Waals surface area contributed by atoms with Gasteiger partial charge >= 0.3 is 6.18 Å². The first-order valence-corrected chi connectivity index (χ1v) is 10.5. The van der Waals surface area contributed by atoms with Crippen molar-refractivity contribution in [3.63, 3.8) is 0 Å². The van der Waals surface area contributed by atoms with Gasteiger partial charge in [0.1, 0.15) is 4.21 Å². The number of benzene rings is 1. The van der Waals surface area contributed by atoms with Crippen molar-refractivity contribution in [2.24, 2.45) is 0 Å². The smallest absolute Gasteiger partial charge is 0.326 e. The van der Waals surface area contributed by atoms with Crippen LogP contribution in [-0.2, 0) is 27.4 Å². The number of anilines is 1. The molecule has 10 heteroatoms. The molecular weight excluding hydrogens is 401 g/mol. The normalized spacial score (nSPS) is 15.8. The van der Waals surface area contributed by atoms with Crippen LogP contribution in [0.15, 0.2) is 40.6 Å². The molecule has 1 aromatic carbocycles. The Morgan fingerprint density at radius 1 is 1.07 bits per heavy atom. The third-order valence-corrected chi connectivity index (χ3v) is 7.58. The van der Waals surface area contributed by atoms with E-state index in [1.54, 1.807) is 6.07 Å². The highest BCUT2D eigenvalue weighted by molar-refractivity contribution is 7.91. The van der Waals surface area contributed by atoms with Gasteiger partial charge in [0.15, 0.2) is 0 Å². The molecule has 0 saturated carbocycles. The molecule has 1 aliphatic rings. The molecule has 27 heavy (non-hydrogen) atoms. The Morgan fingerprint density at radius 3 is 2.30 bits per heavy atom. The third-order valence-electron chi connectivity index (χ3n) is 4.13. The lowest BCUT2D eigenvalue weighted by atomic mass is 10.2. The predicted octanol–water partition coefficient (Wildman–Crippen LogP) is 3.73. The number of rotatable bonds is 5. The van der Waals surface area contributed by atoms with Gasteiger partial charge in [-0.15, -0.1) is 11.3 Å². The molecule has 2 heterocycles. The molecule has 0 bridgehead atoms. The van der Waals surface area contributed by atoms with Gasteiger partial charge in [-0.1, -0.05) is 0 Å². The topological polar surface area (TPSA) is 66.5 Å². The van der Waals surface area contributed by atoms with Gasteiger partial charge < -0.3 is 5.32 Å². The highest BCUT2D eigenvalue weighted by Crippen LogP contribution is 2.30. The Balaban J connectivity index is 1.62. The van der Waals surface area contributed by atoms with E-state index < -0.39 is 27.7 Å². The molecule has 1 aromatic heterocycles. The van der Waals surface area contributed by atoms with Crippen LogP contribution in [0.2, 0.25) is 0 Å². The van der Waals surface area contributed by atoms with Crippen LogP contribution in [0.25, 0.3) is 0 Å². The minimum absolute atomic E-state index is 0.0544. The zero-order valence-corrected chi connectivity index (χ0v) is 15.8. The number of sulfonamides is 1. The van der Waals surface area contributed by atoms with E-state index in [-0.39, 0.29) is 16.3 Å². The zero-order chi connectivity index (χ0) is 19.7. The molecule has 1 aliphatic heterocycles. The van der Waals surface area contributed by atoms with Crippen LogP contribution in [0.5, 0.6) is 0 Å². The number of carbonyl (C=O) groups is 1. The average molecular weight is 418 g/mol. The molecule has 1 fully saturated rings. The van der Waals surface area contributed by atoms with Crippen LogP contribution in [0.3, 0.4) is 0 Å². The van der Waals surface area contributed by atoms with Gasteiger partial charge in [-0.25, -0.2) is 8.42 Å². The lowest BCUT2D eigenvalue weighted by Gasteiger charge is -2.13. The number of nitrogens with zero attached hydrogens (tertiary/aromatic N) is 1. The van der Waals surface area contributed by atoms with E-state index >= 15 is 0 Å². The third kappa shape index (κ3) is 4.69. The lowest BCUT2D eigenvalue weighted by molar-refractivity contribution is -0.137. The Labute approximate surface area is 158 Å². The van der Waals surface area contributed by atoms with Crippen LogP contribution in [0.4, 0.5) is 18.9 Å². The Morgan fingerprint density at radius 2 is 1.70 bits per heavy atom. The van der Waals surface area contributed by atoms with Gasteiger partial charge in [0, 0.05) is 23.7 Å². The maximum absolute atomic E-state index is 12.5. The fourth-order valence-corrected chi connectivity index (χ4v) is 5.78. The van der Waals surface area contributed by atoms with Crippen molar-refractivity contribution >= 4 is 33.0 Å². The zero-order valence-electron chi connectivity index (χ0n) is 14.1. The van der Waals surface area contributed by atoms with Crippen molar-refractivity contribution in [2.45, 2.75) is 29.6 Å². The summed E-state index contributed by atoms with van der Waals surface area (Å²) in [5.74, 6) is -0.429. The highest BCUT2D eigenvalue weighted by Gasteiger charge is 2.30. The molecule has 0 aliphatic carbocycles. The van der Waals surface area contributed by atoms with Crippen LogP contribution in [0, 0.1) is 0 Å². The van der Waals surface area contributed by atoms with E-state index in [4.69, 9.17) is 0 Å². The summed E-state index contributed by atoms with van der Waals surface area (Å²) in [6, 6.07) is 7.21. The molecule has 146 valence electrons. The van der Waals surface area contributed by atoms with E-state index in [1.807, 2.05) is 0 Å². The van der Waals surface area contributed by atoms with E-state index in [0.29, 0.717) is 18.0 Å². The number of alkyl halides is 3. The van der Waals surface area contributed by atoms with Gasteiger partial charge in [0.05, 0.1) is 12.0 Å². The van der Waals surface area contributed by atoms with E-state index in [2.05, 4.69) is 5.32 Å². The van der Waals surface area contributed by atoms with Crippen LogP contribution < -0.4 is 5.32 Å². The summed E-state index contributed by atoms with van der Waals surface area (Å²) in [4.78, 5) is 12.7. The number of carbonyl (C=O) groups excluding carboxylic acids is 1. The van der Waals surface area contributed by atoms with E-state index in [1.165, 1.54) is 22.5 Å². The second-order valence-electron chi connectivity index (χ2n) is 6.13. The van der Waals surface area contributed by atoms with Gasteiger partial charge in [0.2, 0.25) is 5.91 Å². The molecule has 0 unspecified atom stereocenters. The van der Waals surface area contributed by atoms with E-state index in [9.17, 15) is 26.4 Å². The van der Waals surface area contributed by atoms with Gasteiger partial charge in [-0.05, 0) is 49.2 Å². The summed E-state index contributed by atoms with van der Waals surface area (Å²) in [5, 5.41) is 2.51. The maximum Gasteiger partial charge on any atom is 0.416 e. The van der Waals surface area contributed by atoms with Crippen molar-refractivity contribution < 1.29 is 26.4 Å². The summed E-state index contributed by atoms with van der Waals surface area (Å²) in [7, 11) is -3.52. The number of hydrogen-bond acceptors (Lipinski definition) is 4. The number of thiophene rings is 1. The lowest BCUT2D eigenvalue weighted by Crippen LogP contribution is -2.27. The molecule has 0 radical (unpaired) electrons. The Kier molecular flexibility index (Phi) is 5.59. The quantitative estimate of drug-likeness (QED) is 0.805. The molecule has 0 spiro atoms. The van der Waals surface area contributed by atoms with Crippen LogP contribution in [-0.4, -0.2) is 31.7 Å². The molecule has 5 nitrogen and oxygen atoms in total. The molecule has 1 saturated heterocycles. The molecular formula is C17H17F3N2O3S2. The minimum atomic E-state index is -4.43. The predicted molar refractivity (Wildman–Crippen MR) is 96.1 cm³/mol. The molecule has 0 atom stereocenters. The number of nitrogens with one attached hydrogen (secondary N) is 1. The van der Waals surface area contributed by atoms with Crippen molar-refractivity contribution in [3.8, 4) is 0 Å². The SMILES string of the molecule is O=C(Cc1ccc(S(=O)(=O)N2CCCC2)s1)Nc1ccc(C(F)(F)F)cc1. The largest absolute Gasteiger partial charge is 0.416 e. The summed E-state index contributed by atoms with van der Waals surface area (Å²) in [6.45, 7) is 1.01. The van der Waals surface area contributed by atoms with Crippen LogP contribution >= 0.6 is 11.3 Å². The number of amides is 1. The summed E-state index contributed by atoms with van der Waals surface area (Å²) in [5.41, 5.74) is -0.551. The van der Waals surface area contributed by atoms with Crippen molar-refractivity contribution in [2.75, 3.05) is 18.4 Å². The summed E-state index contributed by atoms with van der Waals surface area (Å²) in [6.07, 6.45) is -2.81. The Bertz CT molecular complexity index is 916. The molecule has 1 amide bonds. The first kappa shape index (κ1) is 19.8. The highest BCUT2D eigenvalue weighted by atomic mass is 32.2. The number of hydrogen-bond donors (Lipinski definition) is 1. The summed E-state index contributed by atoms with van der Waals surface area (Å²) < 4.78 is 64.2.